The van der Waals surface area contributed by atoms with E-state index in [4.69, 9.17) is 13.9 Å². The van der Waals surface area contributed by atoms with Crippen LogP contribution in [0, 0.1) is 0 Å². The van der Waals surface area contributed by atoms with Crippen molar-refractivity contribution in [2.24, 2.45) is 7.05 Å². The lowest BCUT2D eigenvalue weighted by Gasteiger charge is -2.14. The van der Waals surface area contributed by atoms with Crippen LogP contribution >= 0.6 is 0 Å². The van der Waals surface area contributed by atoms with Gasteiger partial charge in [0.2, 0.25) is 0 Å². The molecule has 0 aliphatic rings. The molecule has 3 heterocycles. The van der Waals surface area contributed by atoms with Crippen LogP contribution in [-0.4, -0.2) is 49.4 Å². The van der Waals surface area contributed by atoms with Crippen LogP contribution in [0.5, 0.6) is 17.2 Å². The highest BCUT2D eigenvalue weighted by Gasteiger charge is 2.17. The number of nitrogens with zero attached hydrogens (tertiary/aromatic N) is 5. The number of amides is 2. The van der Waals surface area contributed by atoms with Gasteiger partial charge in [-0.05, 0) is 45.0 Å². The second-order valence-electron chi connectivity index (χ2n) is 7.94. The Kier molecular flexibility index (Phi) is 7.23. The summed E-state index contributed by atoms with van der Waals surface area (Å²) in [6, 6.07) is 9.88. The van der Waals surface area contributed by atoms with Gasteiger partial charge in [-0.1, -0.05) is 0 Å². The predicted molar refractivity (Wildman–Crippen MR) is 129 cm³/mol. The Balaban J connectivity index is 1.52. The van der Waals surface area contributed by atoms with Gasteiger partial charge >= 0.3 is 11.8 Å². The third-order valence-electron chi connectivity index (χ3n) is 4.62. The maximum absolute atomic E-state index is 12.8. The van der Waals surface area contributed by atoms with E-state index in [0.717, 1.165) is 0 Å². The number of aryl methyl sites for hydroxylation is 1. The standard InChI is InChI=1S/C24H25N7O5/c1-5-25-22(33)24-29-28-23(36-24)19-7-6-16(13-26-19)35-18-11-15(10-17(12-18)34-14(2)3)21(32)27-20-8-9-31(4)30-20/h6-14H,5H2,1-4H3,(H,25,33)(H,27,30,32). The highest BCUT2D eigenvalue weighted by atomic mass is 16.5. The molecule has 2 N–H and O–H groups in total. The smallest absolute Gasteiger partial charge is 0.308 e. The molecule has 2 amide bonds. The fraction of sp³-hybridized carbons (Fsp3) is 0.250. The van der Waals surface area contributed by atoms with Crippen LogP contribution in [0.2, 0.25) is 0 Å². The average molecular weight is 492 g/mol. The number of nitrogens with one attached hydrogen (secondary N) is 2. The molecule has 12 heteroatoms. The summed E-state index contributed by atoms with van der Waals surface area (Å²) in [4.78, 5) is 28.9. The summed E-state index contributed by atoms with van der Waals surface area (Å²) >= 11 is 0. The molecule has 0 saturated heterocycles. The van der Waals surface area contributed by atoms with Crippen LogP contribution in [-0.2, 0) is 7.05 Å². The number of pyridine rings is 1. The van der Waals surface area contributed by atoms with Crippen molar-refractivity contribution in [2.45, 2.75) is 26.9 Å². The maximum atomic E-state index is 12.8. The highest BCUT2D eigenvalue weighted by molar-refractivity contribution is 6.04. The van der Waals surface area contributed by atoms with Crippen LogP contribution < -0.4 is 20.1 Å². The quantitative estimate of drug-likeness (QED) is 0.359. The lowest BCUT2D eigenvalue weighted by atomic mass is 10.2. The molecule has 4 rings (SSSR count). The Morgan fingerprint density at radius 3 is 2.53 bits per heavy atom. The average Bonchev–Trinajstić information content (AvgIpc) is 3.48. The SMILES string of the molecule is CCNC(=O)c1nnc(-c2ccc(Oc3cc(OC(C)C)cc(C(=O)Nc4ccn(C)n4)c3)cn2)o1. The number of aromatic nitrogens is 5. The zero-order valence-electron chi connectivity index (χ0n) is 20.2. The summed E-state index contributed by atoms with van der Waals surface area (Å²) in [7, 11) is 1.76. The maximum Gasteiger partial charge on any atom is 0.308 e. The zero-order chi connectivity index (χ0) is 25.7. The number of hydrogen-bond acceptors (Lipinski definition) is 9. The van der Waals surface area contributed by atoms with E-state index in [1.807, 2.05) is 13.8 Å². The minimum absolute atomic E-state index is 0.101. The molecule has 0 atom stereocenters. The Hall–Kier alpha value is -4.74. The first-order valence-corrected chi connectivity index (χ1v) is 11.2. The molecule has 1 aromatic carbocycles. The lowest BCUT2D eigenvalue weighted by Crippen LogP contribution is -2.22. The Labute approximate surface area is 206 Å². The summed E-state index contributed by atoms with van der Waals surface area (Å²) in [6.07, 6.45) is 3.09. The van der Waals surface area contributed by atoms with E-state index < -0.39 is 5.91 Å². The van der Waals surface area contributed by atoms with Crippen molar-refractivity contribution in [1.82, 2.24) is 30.3 Å². The van der Waals surface area contributed by atoms with Crippen LogP contribution in [0.1, 0.15) is 41.8 Å². The molecule has 12 nitrogen and oxygen atoms in total. The van der Waals surface area contributed by atoms with E-state index in [-0.39, 0.29) is 23.8 Å². The van der Waals surface area contributed by atoms with Gasteiger partial charge < -0.3 is 24.5 Å². The molecule has 4 aromatic rings. The van der Waals surface area contributed by atoms with Crippen LogP contribution in [0.4, 0.5) is 5.82 Å². The molecule has 0 spiro atoms. The Bertz CT molecular complexity index is 1360. The third-order valence-corrected chi connectivity index (χ3v) is 4.62. The van der Waals surface area contributed by atoms with Gasteiger partial charge in [0.1, 0.15) is 22.9 Å². The van der Waals surface area contributed by atoms with E-state index in [1.54, 1.807) is 61.2 Å². The summed E-state index contributed by atoms with van der Waals surface area (Å²) < 4.78 is 18.7. The number of carbonyl (C=O) groups excluding carboxylic acids is 2. The minimum Gasteiger partial charge on any atom is -0.491 e. The normalized spacial score (nSPS) is 10.8. The molecule has 0 unspecified atom stereocenters. The minimum atomic E-state index is -0.456. The van der Waals surface area contributed by atoms with Gasteiger partial charge in [-0.25, -0.2) is 4.98 Å². The van der Waals surface area contributed by atoms with Gasteiger partial charge in [0.05, 0.1) is 12.3 Å². The fourth-order valence-corrected chi connectivity index (χ4v) is 3.13. The third kappa shape index (κ3) is 6.03. The zero-order valence-corrected chi connectivity index (χ0v) is 20.2. The predicted octanol–water partition coefficient (Wildman–Crippen LogP) is 3.45. The van der Waals surface area contributed by atoms with Crippen molar-refractivity contribution < 1.29 is 23.5 Å². The molecule has 0 bridgehead atoms. The molecular weight excluding hydrogens is 466 g/mol. The number of hydrogen-bond donors (Lipinski definition) is 2. The van der Waals surface area contributed by atoms with E-state index in [2.05, 4.69) is 30.9 Å². The monoisotopic (exact) mass is 491 g/mol. The molecule has 0 aliphatic heterocycles. The number of benzene rings is 1. The van der Waals surface area contributed by atoms with Crippen LogP contribution in [0.15, 0.2) is 53.2 Å². The van der Waals surface area contributed by atoms with E-state index >= 15 is 0 Å². The van der Waals surface area contributed by atoms with Crippen LogP contribution in [0.3, 0.4) is 0 Å². The van der Waals surface area contributed by atoms with Crippen molar-refractivity contribution in [3.8, 4) is 28.8 Å². The van der Waals surface area contributed by atoms with Gasteiger partial charge in [-0.15, -0.1) is 10.2 Å². The van der Waals surface area contributed by atoms with E-state index in [9.17, 15) is 9.59 Å². The summed E-state index contributed by atoms with van der Waals surface area (Å²) in [5, 5.41) is 17.1. The van der Waals surface area contributed by atoms with Crippen molar-refractivity contribution in [3.05, 3.63) is 60.2 Å². The molecule has 0 fully saturated rings. The number of rotatable bonds is 9. The van der Waals surface area contributed by atoms with Gasteiger partial charge in [0.15, 0.2) is 5.82 Å². The molecular formula is C24H25N7O5. The molecule has 186 valence electrons. The Morgan fingerprint density at radius 1 is 1.06 bits per heavy atom. The first-order chi connectivity index (χ1) is 17.3. The topological polar surface area (TPSA) is 146 Å². The molecule has 0 aliphatic carbocycles. The number of ether oxygens (including phenoxy) is 2. The Morgan fingerprint density at radius 2 is 1.86 bits per heavy atom. The van der Waals surface area contributed by atoms with Crippen molar-refractivity contribution >= 4 is 17.6 Å². The molecule has 3 aromatic heterocycles. The summed E-state index contributed by atoms with van der Waals surface area (Å²) in [6.45, 7) is 6.00. The molecule has 0 radical (unpaired) electrons. The summed E-state index contributed by atoms with van der Waals surface area (Å²) in [5.74, 6) is 0.822. The second-order valence-corrected chi connectivity index (χ2v) is 7.94. The molecule has 36 heavy (non-hydrogen) atoms. The summed E-state index contributed by atoms with van der Waals surface area (Å²) in [5.41, 5.74) is 0.708. The largest absolute Gasteiger partial charge is 0.491 e. The van der Waals surface area contributed by atoms with Crippen molar-refractivity contribution in [1.29, 1.82) is 0 Å². The van der Waals surface area contributed by atoms with E-state index in [0.29, 0.717) is 40.9 Å². The van der Waals surface area contributed by atoms with E-state index in [1.165, 1.54) is 6.20 Å². The molecule has 0 saturated carbocycles. The van der Waals surface area contributed by atoms with Gasteiger partial charge in [-0.3, -0.25) is 14.3 Å². The number of carbonyl (C=O) groups is 2. The van der Waals surface area contributed by atoms with Crippen LogP contribution in [0.25, 0.3) is 11.6 Å². The number of anilines is 1. The first kappa shape index (κ1) is 24.4. The van der Waals surface area contributed by atoms with Crippen molar-refractivity contribution in [2.75, 3.05) is 11.9 Å². The second kappa shape index (κ2) is 10.7. The van der Waals surface area contributed by atoms with Gasteiger partial charge in [0, 0.05) is 37.5 Å². The fourth-order valence-electron chi connectivity index (χ4n) is 3.13. The van der Waals surface area contributed by atoms with Crippen molar-refractivity contribution in [3.63, 3.8) is 0 Å². The van der Waals surface area contributed by atoms with Gasteiger partial charge in [0.25, 0.3) is 11.8 Å². The van der Waals surface area contributed by atoms with Gasteiger partial charge in [-0.2, -0.15) is 5.10 Å². The highest BCUT2D eigenvalue weighted by Crippen LogP contribution is 2.29. The lowest BCUT2D eigenvalue weighted by molar-refractivity contribution is 0.0921. The first-order valence-electron chi connectivity index (χ1n) is 11.2.